The topological polar surface area (TPSA) is 79.7 Å². The molecule has 4 fully saturated rings. The van der Waals surface area contributed by atoms with Gasteiger partial charge in [0.05, 0.1) is 29.4 Å². The molecule has 0 radical (unpaired) electrons. The van der Waals surface area contributed by atoms with Gasteiger partial charge in [-0.1, -0.05) is 64.7 Å². The summed E-state index contributed by atoms with van der Waals surface area (Å²) in [7, 11) is 2.22. The number of carboxylic acid groups (broad SMARTS) is 1. The van der Waals surface area contributed by atoms with Gasteiger partial charge in [-0.25, -0.2) is 0 Å². The molecule has 7 rings (SSSR count). The fourth-order valence-electron chi connectivity index (χ4n) is 12.2. The van der Waals surface area contributed by atoms with Gasteiger partial charge in [-0.3, -0.25) is 14.7 Å². The summed E-state index contributed by atoms with van der Waals surface area (Å²) in [6.07, 6.45) is 15.4. The number of aliphatic carboxylic acids is 1. The average molecular weight is 589 g/mol. The van der Waals surface area contributed by atoms with Crippen molar-refractivity contribution >= 4 is 12.3 Å². The van der Waals surface area contributed by atoms with Crippen molar-refractivity contribution in [2.24, 2.45) is 51.8 Å². The third-order valence-corrected chi connectivity index (χ3v) is 13.8. The first-order chi connectivity index (χ1) is 20.7. The van der Waals surface area contributed by atoms with Crippen molar-refractivity contribution in [1.82, 2.24) is 9.88 Å². The van der Waals surface area contributed by atoms with Gasteiger partial charge >= 0.3 is 5.97 Å². The van der Waals surface area contributed by atoms with Gasteiger partial charge in [0.1, 0.15) is 11.7 Å². The smallest absolute Gasteiger partial charge is 0.315 e. The van der Waals surface area contributed by atoms with E-state index in [1.54, 1.807) is 0 Å². The van der Waals surface area contributed by atoms with Crippen LogP contribution in [0, 0.1) is 51.8 Å². The van der Waals surface area contributed by atoms with E-state index in [9.17, 15) is 14.7 Å². The number of fused-ring (bicyclic) bond motifs is 3. The van der Waals surface area contributed by atoms with Crippen LogP contribution in [-0.4, -0.2) is 53.0 Å². The van der Waals surface area contributed by atoms with Gasteiger partial charge in [-0.05, 0) is 99.1 Å². The lowest BCUT2D eigenvalue weighted by atomic mass is 9.41. The number of likely N-dealkylation sites (N-methyl/N-ethyl adjacent to an activating group) is 1. The van der Waals surface area contributed by atoms with Gasteiger partial charge in [-0.2, -0.15) is 0 Å². The van der Waals surface area contributed by atoms with E-state index in [2.05, 4.69) is 51.8 Å². The average Bonchev–Trinajstić information content (AvgIpc) is 3.78. The first-order valence-corrected chi connectivity index (χ1v) is 17.4. The Labute approximate surface area is 258 Å². The molecule has 4 bridgehead atoms. The van der Waals surface area contributed by atoms with Gasteiger partial charge < -0.3 is 14.6 Å². The summed E-state index contributed by atoms with van der Waals surface area (Å²) in [5.74, 6) is 0.871. The highest BCUT2D eigenvalue weighted by atomic mass is 16.5. The van der Waals surface area contributed by atoms with E-state index in [1.165, 1.54) is 11.3 Å². The molecule has 0 spiro atoms. The highest BCUT2D eigenvalue weighted by Gasteiger charge is 2.86. The molecule has 1 N–H and O–H groups in total. The Morgan fingerprint density at radius 3 is 2.79 bits per heavy atom. The number of carbonyl (C=O) groups excluding carboxylic acids is 1. The molecule has 6 nitrogen and oxygen atoms in total. The van der Waals surface area contributed by atoms with Crippen LogP contribution in [0.2, 0.25) is 0 Å². The summed E-state index contributed by atoms with van der Waals surface area (Å²) < 4.78 is 7.33. The summed E-state index contributed by atoms with van der Waals surface area (Å²) in [4.78, 5) is 34.8. The third kappa shape index (κ3) is 3.74. The number of carbonyl (C=O) groups is 2. The summed E-state index contributed by atoms with van der Waals surface area (Å²) in [6, 6.07) is 4.55. The van der Waals surface area contributed by atoms with Crippen LogP contribution in [0.25, 0.3) is 0 Å². The number of allylic oxidation sites excluding steroid dienone is 1. The Morgan fingerprint density at radius 2 is 2.07 bits per heavy atom. The Bertz CT molecular complexity index is 1310. The maximum Gasteiger partial charge on any atom is 0.315 e. The third-order valence-electron chi connectivity index (χ3n) is 13.8. The second-order valence-electron chi connectivity index (χ2n) is 15.7. The van der Waals surface area contributed by atoms with Crippen LogP contribution in [-0.2, 0) is 20.7 Å². The first kappa shape index (κ1) is 29.6. The molecule has 11 atom stereocenters. The van der Waals surface area contributed by atoms with Gasteiger partial charge in [0, 0.05) is 18.2 Å². The number of ether oxygens (including phenoxy) is 1. The van der Waals surface area contributed by atoms with Crippen LogP contribution in [0.4, 0.5) is 0 Å². The quantitative estimate of drug-likeness (QED) is 0.237. The van der Waals surface area contributed by atoms with E-state index in [-0.39, 0.29) is 30.0 Å². The standard InChI is InChI=1S/C37H52N2O4/c1-6-7-9-25-16-32(43-31(25)20-39(5)30-14-12-24-10-8-15-38-33(24)30)36-19-27-23(4)11-13-28(27)35(21-40)18-26(36)17-29(22(2)3)37(35,36)34(41)42/h8,10,15,17,21-23,25-28,30-32H,6-7,9,11-14,16,18-20H2,1-5H3,(H,41,42)/t23-,25?,26?,27-,28-,30?,31?,32?,35?,36?,37?/m1/s1. The second kappa shape index (κ2) is 10.5. The van der Waals surface area contributed by atoms with E-state index in [0.29, 0.717) is 30.2 Å². The predicted molar refractivity (Wildman–Crippen MR) is 166 cm³/mol. The molecule has 1 aromatic heterocycles. The van der Waals surface area contributed by atoms with Crippen molar-refractivity contribution in [3.05, 3.63) is 41.2 Å². The van der Waals surface area contributed by atoms with Crippen LogP contribution in [0.1, 0.15) is 103 Å². The highest BCUT2D eigenvalue weighted by molar-refractivity contribution is 5.90. The molecule has 3 saturated carbocycles. The fourth-order valence-corrected chi connectivity index (χ4v) is 12.2. The molecule has 2 heterocycles. The summed E-state index contributed by atoms with van der Waals surface area (Å²) in [5, 5.41) is 11.5. The van der Waals surface area contributed by atoms with Crippen molar-refractivity contribution in [2.45, 2.75) is 110 Å². The number of rotatable bonds is 10. The normalized spacial score (nSPS) is 44.2. The minimum Gasteiger partial charge on any atom is -0.481 e. The number of nitrogens with zero attached hydrogens (tertiary/aromatic N) is 2. The number of aromatic nitrogens is 1. The lowest BCUT2D eigenvalue weighted by Gasteiger charge is -2.60. The minimum absolute atomic E-state index is 0.0568. The number of hydrogen-bond acceptors (Lipinski definition) is 5. The second-order valence-corrected chi connectivity index (χ2v) is 15.7. The number of aryl methyl sites for hydroxylation is 1. The van der Waals surface area contributed by atoms with Crippen LogP contribution in [0.5, 0.6) is 0 Å². The molecule has 0 aromatic carbocycles. The predicted octanol–water partition coefficient (Wildman–Crippen LogP) is 6.89. The van der Waals surface area contributed by atoms with E-state index < -0.39 is 22.2 Å². The molecule has 0 amide bonds. The van der Waals surface area contributed by atoms with E-state index in [1.807, 2.05) is 12.3 Å². The Morgan fingerprint density at radius 1 is 1.26 bits per heavy atom. The molecular formula is C37H52N2O4. The van der Waals surface area contributed by atoms with Crippen LogP contribution >= 0.6 is 0 Å². The van der Waals surface area contributed by atoms with Crippen molar-refractivity contribution < 1.29 is 19.4 Å². The Balaban J connectivity index is 1.28. The zero-order chi connectivity index (χ0) is 30.3. The maximum absolute atomic E-state index is 14.0. The Hall–Kier alpha value is -2.05. The van der Waals surface area contributed by atoms with Gasteiger partial charge in [0.2, 0.25) is 0 Å². The molecule has 1 aliphatic heterocycles. The molecule has 8 unspecified atom stereocenters. The van der Waals surface area contributed by atoms with E-state index in [4.69, 9.17) is 9.72 Å². The monoisotopic (exact) mass is 588 g/mol. The summed E-state index contributed by atoms with van der Waals surface area (Å²) >= 11 is 0. The van der Waals surface area contributed by atoms with Crippen molar-refractivity contribution in [3.63, 3.8) is 0 Å². The molecule has 6 heteroatoms. The van der Waals surface area contributed by atoms with Crippen LogP contribution < -0.4 is 0 Å². The molecule has 234 valence electrons. The van der Waals surface area contributed by atoms with Crippen molar-refractivity contribution in [2.75, 3.05) is 13.6 Å². The van der Waals surface area contributed by atoms with E-state index >= 15 is 0 Å². The van der Waals surface area contributed by atoms with Gasteiger partial charge in [0.25, 0.3) is 0 Å². The highest BCUT2D eigenvalue weighted by Crippen LogP contribution is 2.84. The lowest BCUT2D eigenvalue weighted by molar-refractivity contribution is -0.197. The zero-order valence-electron chi connectivity index (χ0n) is 26.9. The lowest BCUT2D eigenvalue weighted by Crippen LogP contribution is -2.65. The number of hydrogen-bond donors (Lipinski definition) is 1. The van der Waals surface area contributed by atoms with Crippen molar-refractivity contribution in [3.8, 4) is 0 Å². The van der Waals surface area contributed by atoms with Crippen LogP contribution in [0.15, 0.2) is 30.0 Å². The molecule has 43 heavy (non-hydrogen) atoms. The minimum atomic E-state index is -1.17. The number of pyridine rings is 1. The van der Waals surface area contributed by atoms with Crippen molar-refractivity contribution in [1.29, 1.82) is 0 Å². The zero-order valence-corrected chi connectivity index (χ0v) is 26.9. The molecule has 1 saturated heterocycles. The van der Waals surface area contributed by atoms with E-state index in [0.717, 1.165) is 76.2 Å². The fraction of sp³-hybridized carbons (Fsp3) is 0.757. The molecule has 1 aromatic rings. The molecule has 6 aliphatic rings. The number of aldehydes is 1. The van der Waals surface area contributed by atoms with Gasteiger partial charge in [0.15, 0.2) is 0 Å². The molecule has 5 aliphatic carbocycles. The maximum atomic E-state index is 14.0. The summed E-state index contributed by atoms with van der Waals surface area (Å²) in [5.41, 5.74) is 1.03. The largest absolute Gasteiger partial charge is 0.481 e. The number of unbranched alkanes of at least 4 members (excludes halogenated alkanes) is 1. The molecular weight excluding hydrogens is 536 g/mol. The Kier molecular flexibility index (Phi) is 7.24. The first-order valence-electron chi connectivity index (χ1n) is 17.4. The SMILES string of the molecule is CCCCC1CC(C23C[C@@H]4[C@H](C)CC[C@H]4C4(C=O)CC2C=C(C(C)C)C34C(=O)O)OC1CN(C)C1CCc2cccnc21. The number of carboxylic acids is 1. The summed E-state index contributed by atoms with van der Waals surface area (Å²) in [6.45, 7) is 9.71. The van der Waals surface area contributed by atoms with Gasteiger partial charge in [-0.15, -0.1) is 0 Å². The van der Waals surface area contributed by atoms with Crippen LogP contribution in [0.3, 0.4) is 0 Å².